The molecular weight excluding hydrogens is 348 g/mol. The van der Waals surface area contributed by atoms with Gasteiger partial charge in [0.1, 0.15) is 5.69 Å². The van der Waals surface area contributed by atoms with Gasteiger partial charge in [0.05, 0.1) is 12.7 Å². The molecular formula is C24H24N2O2. The second kappa shape index (κ2) is 8.81. The van der Waals surface area contributed by atoms with Crippen molar-refractivity contribution in [2.75, 3.05) is 19.7 Å². The van der Waals surface area contributed by atoms with E-state index < -0.39 is 0 Å². The molecule has 28 heavy (non-hydrogen) atoms. The van der Waals surface area contributed by atoms with Gasteiger partial charge in [-0.05, 0) is 29.7 Å². The average Bonchev–Trinajstić information content (AvgIpc) is 2.79. The number of hydrogen-bond donors (Lipinski definition) is 0. The Kier molecular flexibility index (Phi) is 5.78. The van der Waals surface area contributed by atoms with Crippen LogP contribution in [0.2, 0.25) is 0 Å². The molecule has 0 radical (unpaired) electrons. The van der Waals surface area contributed by atoms with Gasteiger partial charge in [0.25, 0.3) is 5.91 Å². The molecule has 0 unspecified atom stereocenters. The average molecular weight is 372 g/mol. The van der Waals surface area contributed by atoms with Crippen LogP contribution < -0.4 is 0 Å². The maximum Gasteiger partial charge on any atom is 0.272 e. The number of aromatic nitrogens is 1. The first kappa shape index (κ1) is 18.4. The van der Waals surface area contributed by atoms with Crippen molar-refractivity contribution in [1.29, 1.82) is 0 Å². The van der Waals surface area contributed by atoms with Crippen LogP contribution in [0, 0.1) is 0 Å². The molecule has 0 aliphatic carbocycles. The summed E-state index contributed by atoms with van der Waals surface area (Å²) in [4.78, 5) is 18.8. The highest BCUT2D eigenvalue weighted by atomic mass is 16.5. The van der Waals surface area contributed by atoms with E-state index in [2.05, 4.69) is 53.5 Å². The SMILES string of the molecule is O=C(c1ccccn1)N1CCO[C@@H](CC(c2ccccc2)c2ccccc2)C1. The van der Waals surface area contributed by atoms with Crippen LogP contribution in [-0.4, -0.2) is 41.6 Å². The van der Waals surface area contributed by atoms with Crippen molar-refractivity contribution >= 4 is 5.91 Å². The molecule has 0 bridgehead atoms. The monoisotopic (exact) mass is 372 g/mol. The number of carbonyl (C=O) groups is 1. The molecule has 4 rings (SSSR count). The van der Waals surface area contributed by atoms with Crippen molar-refractivity contribution < 1.29 is 9.53 Å². The van der Waals surface area contributed by atoms with E-state index in [0.29, 0.717) is 25.4 Å². The lowest BCUT2D eigenvalue weighted by molar-refractivity contribution is -0.0266. The number of ether oxygens (including phenoxy) is 1. The minimum atomic E-state index is -0.0233. The van der Waals surface area contributed by atoms with Crippen LogP contribution in [0.1, 0.15) is 34.0 Å². The Balaban J connectivity index is 1.51. The summed E-state index contributed by atoms with van der Waals surface area (Å²) in [6, 6.07) is 26.5. The normalized spacial score (nSPS) is 16.9. The number of pyridine rings is 1. The zero-order chi connectivity index (χ0) is 19.2. The van der Waals surface area contributed by atoms with E-state index in [1.54, 1.807) is 12.3 Å². The lowest BCUT2D eigenvalue weighted by Gasteiger charge is -2.34. The summed E-state index contributed by atoms with van der Waals surface area (Å²) in [5.74, 6) is 0.210. The minimum Gasteiger partial charge on any atom is -0.375 e. The predicted molar refractivity (Wildman–Crippen MR) is 109 cm³/mol. The molecule has 142 valence electrons. The van der Waals surface area contributed by atoms with Gasteiger partial charge in [0, 0.05) is 25.2 Å². The first-order chi connectivity index (χ1) is 13.8. The Morgan fingerprint density at radius 1 is 0.964 bits per heavy atom. The zero-order valence-electron chi connectivity index (χ0n) is 15.8. The third-order valence-electron chi connectivity index (χ3n) is 5.21. The van der Waals surface area contributed by atoms with Gasteiger partial charge in [0.2, 0.25) is 0 Å². The van der Waals surface area contributed by atoms with E-state index in [1.165, 1.54) is 11.1 Å². The third-order valence-corrected chi connectivity index (χ3v) is 5.21. The Bertz CT molecular complexity index is 845. The minimum absolute atomic E-state index is 0.00757. The Morgan fingerprint density at radius 2 is 1.61 bits per heavy atom. The third kappa shape index (κ3) is 4.29. The fourth-order valence-electron chi connectivity index (χ4n) is 3.80. The number of morpholine rings is 1. The Morgan fingerprint density at radius 3 is 2.21 bits per heavy atom. The molecule has 1 atom stereocenters. The second-order valence-electron chi connectivity index (χ2n) is 7.07. The molecule has 0 saturated carbocycles. The van der Waals surface area contributed by atoms with Crippen molar-refractivity contribution in [2.24, 2.45) is 0 Å². The van der Waals surface area contributed by atoms with Gasteiger partial charge in [-0.1, -0.05) is 66.7 Å². The van der Waals surface area contributed by atoms with Crippen molar-refractivity contribution in [1.82, 2.24) is 9.88 Å². The first-order valence-electron chi connectivity index (χ1n) is 9.73. The van der Waals surface area contributed by atoms with E-state index in [0.717, 1.165) is 6.42 Å². The summed E-state index contributed by atoms with van der Waals surface area (Å²) < 4.78 is 6.05. The fourth-order valence-corrected chi connectivity index (χ4v) is 3.80. The lowest BCUT2D eigenvalue weighted by atomic mass is 9.86. The number of carbonyl (C=O) groups excluding carboxylic acids is 1. The van der Waals surface area contributed by atoms with Crippen LogP contribution in [0.15, 0.2) is 85.1 Å². The molecule has 3 aromatic rings. The largest absolute Gasteiger partial charge is 0.375 e. The molecule has 2 heterocycles. The molecule has 1 saturated heterocycles. The maximum atomic E-state index is 12.8. The van der Waals surface area contributed by atoms with E-state index in [1.807, 2.05) is 29.2 Å². The van der Waals surface area contributed by atoms with Gasteiger partial charge >= 0.3 is 0 Å². The summed E-state index contributed by atoms with van der Waals surface area (Å²) in [6.07, 6.45) is 2.48. The van der Waals surface area contributed by atoms with E-state index in [4.69, 9.17) is 4.74 Å². The number of hydrogen-bond acceptors (Lipinski definition) is 3. The molecule has 0 N–H and O–H groups in total. The van der Waals surface area contributed by atoms with Gasteiger partial charge in [-0.2, -0.15) is 0 Å². The quantitative estimate of drug-likeness (QED) is 0.676. The number of amides is 1. The maximum absolute atomic E-state index is 12.8. The molecule has 4 heteroatoms. The first-order valence-corrected chi connectivity index (χ1v) is 9.73. The molecule has 1 aliphatic rings. The van der Waals surface area contributed by atoms with Crippen LogP contribution in [0.5, 0.6) is 0 Å². The standard InChI is InChI=1S/C24H24N2O2/c27-24(23-13-7-8-14-25-23)26-15-16-28-21(18-26)17-22(19-9-3-1-4-10-19)20-11-5-2-6-12-20/h1-14,21-22H,15-18H2/t21-/m0/s1. The van der Waals surface area contributed by atoms with E-state index in [-0.39, 0.29) is 17.9 Å². The van der Waals surface area contributed by atoms with Gasteiger partial charge in [-0.3, -0.25) is 9.78 Å². The number of nitrogens with zero attached hydrogens (tertiary/aromatic N) is 2. The van der Waals surface area contributed by atoms with Crippen LogP contribution in [0.25, 0.3) is 0 Å². The summed E-state index contributed by atoms with van der Waals surface area (Å²) in [5.41, 5.74) is 3.03. The van der Waals surface area contributed by atoms with Gasteiger partial charge in [-0.25, -0.2) is 0 Å². The number of benzene rings is 2. The van der Waals surface area contributed by atoms with Gasteiger partial charge < -0.3 is 9.64 Å². The zero-order valence-corrected chi connectivity index (χ0v) is 15.8. The van der Waals surface area contributed by atoms with Crippen LogP contribution in [0.4, 0.5) is 0 Å². The molecule has 1 aromatic heterocycles. The predicted octanol–water partition coefficient (Wildman–Crippen LogP) is 4.14. The van der Waals surface area contributed by atoms with Gasteiger partial charge in [-0.15, -0.1) is 0 Å². The van der Waals surface area contributed by atoms with Crippen molar-refractivity contribution in [2.45, 2.75) is 18.4 Å². The topological polar surface area (TPSA) is 42.4 Å². The highest BCUT2D eigenvalue weighted by Crippen LogP contribution is 2.31. The molecule has 0 spiro atoms. The van der Waals surface area contributed by atoms with Crippen LogP contribution >= 0.6 is 0 Å². The molecule has 1 fully saturated rings. The second-order valence-corrected chi connectivity index (χ2v) is 7.07. The van der Waals surface area contributed by atoms with Gasteiger partial charge in [0.15, 0.2) is 0 Å². The van der Waals surface area contributed by atoms with Crippen molar-refractivity contribution in [3.8, 4) is 0 Å². The van der Waals surface area contributed by atoms with E-state index >= 15 is 0 Å². The lowest BCUT2D eigenvalue weighted by Crippen LogP contribution is -2.46. The highest BCUT2D eigenvalue weighted by molar-refractivity contribution is 5.92. The Labute approximate surface area is 165 Å². The highest BCUT2D eigenvalue weighted by Gasteiger charge is 2.28. The molecule has 1 amide bonds. The summed E-state index contributed by atoms with van der Waals surface area (Å²) in [6.45, 7) is 1.75. The number of rotatable bonds is 5. The van der Waals surface area contributed by atoms with Crippen molar-refractivity contribution in [3.05, 3.63) is 102 Å². The molecule has 1 aliphatic heterocycles. The smallest absolute Gasteiger partial charge is 0.272 e. The molecule has 2 aromatic carbocycles. The summed E-state index contributed by atoms with van der Waals surface area (Å²) >= 11 is 0. The summed E-state index contributed by atoms with van der Waals surface area (Å²) in [5, 5.41) is 0. The van der Waals surface area contributed by atoms with Crippen LogP contribution in [-0.2, 0) is 4.74 Å². The van der Waals surface area contributed by atoms with Crippen LogP contribution in [0.3, 0.4) is 0 Å². The fraction of sp³-hybridized carbons (Fsp3) is 0.250. The van der Waals surface area contributed by atoms with E-state index in [9.17, 15) is 4.79 Å². The van der Waals surface area contributed by atoms with Crippen molar-refractivity contribution in [3.63, 3.8) is 0 Å². The Hall–Kier alpha value is -2.98. The molecule has 4 nitrogen and oxygen atoms in total. The summed E-state index contributed by atoms with van der Waals surface area (Å²) in [7, 11) is 0.